The van der Waals surface area contributed by atoms with Crippen molar-refractivity contribution in [3.05, 3.63) is 63.9 Å². The molecule has 0 atom stereocenters. The van der Waals surface area contributed by atoms with E-state index in [1.807, 2.05) is 0 Å². The molecule has 1 nitrogen and oxygen atoms in total. The van der Waals surface area contributed by atoms with Crippen molar-refractivity contribution in [3.63, 3.8) is 0 Å². The lowest BCUT2D eigenvalue weighted by Gasteiger charge is -1.99. The van der Waals surface area contributed by atoms with Crippen LogP contribution in [-0.4, -0.2) is 4.98 Å². The molecule has 0 saturated heterocycles. The van der Waals surface area contributed by atoms with Gasteiger partial charge in [0, 0.05) is 16.2 Å². The van der Waals surface area contributed by atoms with Gasteiger partial charge in [0.15, 0.2) is 0 Å². The molecule has 1 heterocycles. The molecule has 1 aromatic heterocycles. The van der Waals surface area contributed by atoms with Crippen molar-refractivity contribution in [3.8, 4) is 0 Å². The highest BCUT2D eigenvalue weighted by Crippen LogP contribution is 2.20. The van der Waals surface area contributed by atoms with Crippen molar-refractivity contribution >= 4 is 28.1 Å². The van der Waals surface area contributed by atoms with Gasteiger partial charge in [-0.1, -0.05) is 22.0 Å². The molecule has 86 valence electrons. The Morgan fingerprint density at radius 2 is 1.82 bits per heavy atom. The van der Waals surface area contributed by atoms with Crippen LogP contribution >= 0.6 is 15.9 Å². The van der Waals surface area contributed by atoms with E-state index in [0.717, 1.165) is 4.47 Å². The van der Waals surface area contributed by atoms with Gasteiger partial charge in [0.25, 0.3) is 0 Å². The Morgan fingerprint density at radius 1 is 1.06 bits per heavy atom. The van der Waals surface area contributed by atoms with Crippen LogP contribution in [0.1, 0.15) is 11.1 Å². The van der Waals surface area contributed by atoms with Crippen LogP contribution in [0.15, 0.2) is 41.0 Å². The predicted octanol–water partition coefficient (Wildman–Crippen LogP) is 4.29. The maximum Gasteiger partial charge on any atom is 0.220 e. The van der Waals surface area contributed by atoms with E-state index in [9.17, 15) is 8.78 Å². The molecule has 2 aromatic rings. The Bertz CT molecular complexity index is 567. The Morgan fingerprint density at radius 3 is 2.59 bits per heavy atom. The Balaban J connectivity index is 2.32. The third kappa shape index (κ3) is 2.97. The number of nitrogens with zero attached hydrogens (tertiary/aromatic N) is 1. The largest absolute Gasteiger partial charge is 0.228 e. The fraction of sp³-hybridized carbons (Fsp3) is 0. The van der Waals surface area contributed by atoms with Crippen molar-refractivity contribution in [2.24, 2.45) is 0 Å². The minimum Gasteiger partial charge on any atom is -0.228 e. The molecular formula is C13H8BrF2N. The topological polar surface area (TPSA) is 12.9 Å². The molecule has 1 aromatic carbocycles. The molecule has 0 aliphatic rings. The molecule has 17 heavy (non-hydrogen) atoms. The third-order valence-electron chi connectivity index (χ3n) is 2.19. The minimum atomic E-state index is -0.545. The number of hydrogen-bond donors (Lipinski definition) is 0. The smallest absolute Gasteiger partial charge is 0.220 e. The van der Waals surface area contributed by atoms with Crippen molar-refractivity contribution in [2.45, 2.75) is 0 Å². The first kappa shape index (κ1) is 11.9. The van der Waals surface area contributed by atoms with Crippen LogP contribution in [0.3, 0.4) is 0 Å². The van der Waals surface area contributed by atoms with Crippen LogP contribution < -0.4 is 0 Å². The molecule has 0 aliphatic carbocycles. The number of benzene rings is 1. The van der Waals surface area contributed by atoms with Crippen LogP contribution in [0, 0.1) is 11.8 Å². The third-order valence-corrected chi connectivity index (χ3v) is 2.91. The van der Waals surface area contributed by atoms with Crippen LogP contribution in [0.2, 0.25) is 0 Å². The fourth-order valence-corrected chi connectivity index (χ4v) is 1.72. The molecule has 0 bridgehead atoms. The number of hydrogen-bond acceptors (Lipinski definition) is 1. The SMILES string of the molecule is Fc1ccc(Br)c(/C=C\c2cccnc2F)c1. The highest BCUT2D eigenvalue weighted by molar-refractivity contribution is 9.10. The second kappa shape index (κ2) is 5.19. The maximum absolute atomic E-state index is 13.2. The van der Waals surface area contributed by atoms with Crippen molar-refractivity contribution < 1.29 is 8.78 Å². The van der Waals surface area contributed by atoms with E-state index in [0.29, 0.717) is 11.1 Å². The van der Waals surface area contributed by atoms with Gasteiger partial charge in [-0.05, 0) is 42.0 Å². The highest BCUT2D eigenvalue weighted by atomic mass is 79.9. The van der Waals surface area contributed by atoms with Gasteiger partial charge in [0.2, 0.25) is 5.95 Å². The van der Waals surface area contributed by atoms with Gasteiger partial charge in [-0.2, -0.15) is 4.39 Å². The first-order chi connectivity index (χ1) is 8.16. The zero-order chi connectivity index (χ0) is 12.3. The monoisotopic (exact) mass is 295 g/mol. The molecule has 4 heteroatoms. The van der Waals surface area contributed by atoms with E-state index in [-0.39, 0.29) is 5.82 Å². The fourth-order valence-electron chi connectivity index (χ4n) is 1.34. The zero-order valence-electron chi connectivity index (χ0n) is 8.70. The predicted molar refractivity (Wildman–Crippen MR) is 67.2 cm³/mol. The highest BCUT2D eigenvalue weighted by Gasteiger charge is 2.00. The van der Waals surface area contributed by atoms with E-state index in [4.69, 9.17) is 0 Å². The van der Waals surface area contributed by atoms with Crippen LogP contribution in [0.25, 0.3) is 12.2 Å². The number of rotatable bonds is 2. The molecular weight excluding hydrogens is 288 g/mol. The molecule has 0 fully saturated rings. The molecule has 0 saturated carbocycles. The van der Waals surface area contributed by atoms with E-state index in [1.54, 1.807) is 30.4 Å². The summed E-state index contributed by atoms with van der Waals surface area (Å²) in [5.74, 6) is -0.879. The average molecular weight is 296 g/mol. The lowest BCUT2D eigenvalue weighted by atomic mass is 10.1. The van der Waals surface area contributed by atoms with Gasteiger partial charge < -0.3 is 0 Å². The molecule has 0 aliphatic heterocycles. The Labute approximate surface area is 106 Å². The quantitative estimate of drug-likeness (QED) is 0.753. The minimum absolute atomic E-state index is 0.334. The number of aromatic nitrogens is 1. The lowest BCUT2D eigenvalue weighted by molar-refractivity contribution is 0.581. The molecule has 0 unspecified atom stereocenters. The average Bonchev–Trinajstić information content (AvgIpc) is 2.32. The summed E-state index contributed by atoms with van der Waals surface area (Å²) in [5, 5.41) is 0. The number of halogens is 3. The van der Waals surface area contributed by atoms with Crippen LogP contribution in [0.5, 0.6) is 0 Å². The summed E-state index contributed by atoms with van der Waals surface area (Å²) in [5.41, 5.74) is 1.01. The second-order valence-electron chi connectivity index (χ2n) is 3.38. The molecule has 2 rings (SSSR count). The standard InChI is InChI=1S/C13H8BrF2N/c14-12-6-5-11(15)8-10(12)4-3-9-2-1-7-17-13(9)16/h1-8H/b4-3-. The summed E-state index contributed by atoms with van der Waals surface area (Å²) in [7, 11) is 0. The summed E-state index contributed by atoms with van der Waals surface area (Å²) in [6.45, 7) is 0. The second-order valence-corrected chi connectivity index (χ2v) is 4.24. The molecule has 0 radical (unpaired) electrons. The van der Waals surface area contributed by atoms with Gasteiger partial charge in [-0.3, -0.25) is 0 Å². The van der Waals surface area contributed by atoms with Crippen molar-refractivity contribution in [1.82, 2.24) is 4.98 Å². The Hall–Kier alpha value is -1.55. The molecule has 0 spiro atoms. The van der Waals surface area contributed by atoms with E-state index in [1.165, 1.54) is 18.3 Å². The molecule has 0 amide bonds. The lowest BCUT2D eigenvalue weighted by Crippen LogP contribution is -1.85. The van der Waals surface area contributed by atoms with E-state index in [2.05, 4.69) is 20.9 Å². The summed E-state index contributed by atoms with van der Waals surface area (Å²) < 4.78 is 27.0. The first-order valence-corrected chi connectivity index (χ1v) is 5.70. The maximum atomic E-state index is 13.2. The van der Waals surface area contributed by atoms with Gasteiger partial charge in [-0.25, -0.2) is 9.37 Å². The van der Waals surface area contributed by atoms with Crippen molar-refractivity contribution in [1.29, 1.82) is 0 Å². The van der Waals surface area contributed by atoms with E-state index >= 15 is 0 Å². The summed E-state index contributed by atoms with van der Waals surface area (Å²) >= 11 is 3.30. The van der Waals surface area contributed by atoms with E-state index < -0.39 is 5.95 Å². The summed E-state index contributed by atoms with van der Waals surface area (Å²) in [6, 6.07) is 7.57. The zero-order valence-corrected chi connectivity index (χ0v) is 10.3. The van der Waals surface area contributed by atoms with Gasteiger partial charge >= 0.3 is 0 Å². The van der Waals surface area contributed by atoms with Gasteiger partial charge in [-0.15, -0.1) is 0 Å². The summed E-state index contributed by atoms with van der Waals surface area (Å²) in [4.78, 5) is 3.53. The van der Waals surface area contributed by atoms with Gasteiger partial charge in [0.05, 0.1) is 0 Å². The van der Waals surface area contributed by atoms with Gasteiger partial charge in [0.1, 0.15) is 5.82 Å². The normalized spacial score (nSPS) is 11.0. The molecule has 0 N–H and O–H groups in total. The van der Waals surface area contributed by atoms with Crippen LogP contribution in [0.4, 0.5) is 8.78 Å². The Kier molecular flexibility index (Phi) is 3.64. The van der Waals surface area contributed by atoms with Crippen molar-refractivity contribution in [2.75, 3.05) is 0 Å². The van der Waals surface area contributed by atoms with Crippen LogP contribution in [-0.2, 0) is 0 Å². The number of pyridine rings is 1. The summed E-state index contributed by atoms with van der Waals surface area (Å²) in [6.07, 6.45) is 4.57. The first-order valence-electron chi connectivity index (χ1n) is 4.90.